The number of nitrogens with zero attached hydrogens (tertiary/aromatic N) is 1. The number of anilines is 2. The summed E-state index contributed by atoms with van der Waals surface area (Å²) in [6.45, 7) is 0.348. The van der Waals surface area contributed by atoms with Gasteiger partial charge in [0, 0.05) is 12.2 Å². The van der Waals surface area contributed by atoms with Crippen LogP contribution < -0.4 is 11.1 Å². The Morgan fingerprint density at radius 2 is 2.07 bits per heavy atom. The smallest absolute Gasteiger partial charge is 0.299 e. The number of nitrogens with two attached hydrogens (primary N) is 1. The van der Waals surface area contributed by atoms with Gasteiger partial charge in [-0.3, -0.25) is 0 Å². The van der Waals surface area contributed by atoms with Crippen LogP contribution in [0.4, 0.5) is 11.7 Å². The molecule has 1 aromatic heterocycles. The molecule has 0 saturated heterocycles. The van der Waals surface area contributed by atoms with Crippen LogP contribution in [0.2, 0.25) is 0 Å². The van der Waals surface area contributed by atoms with E-state index in [1.165, 1.54) is 6.26 Å². The minimum Gasteiger partial charge on any atom is -0.508 e. The van der Waals surface area contributed by atoms with E-state index in [-0.39, 0.29) is 5.75 Å². The summed E-state index contributed by atoms with van der Waals surface area (Å²) in [6.07, 6.45) is 1.50. The minimum atomic E-state index is 0.218. The zero-order valence-electron chi connectivity index (χ0n) is 7.97. The highest BCUT2D eigenvalue weighted by Crippen LogP contribution is 2.18. The van der Waals surface area contributed by atoms with Crippen molar-refractivity contribution in [2.75, 3.05) is 5.32 Å². The number of oxazole rings is 1. The normalized spacial score (nSPS) is 10.2. The Morgan fingerprint density at radius 3 is 2.67 bits per heavy atom. The van der Waals surface area contributed by atoms with Crippen molar-refractivity contribution >= 4 is 11.7 Å². The van der Waals surface area contributed by atoms with Gasteiger partial charge >= 0.3 is 0 Å². The molecule has 0 saturated carbocycles. The molecule has 1 heterocycles. The van der Waals surface area contributed by atoms with E-state index < -0.39 is 0 Å². The highest BCUT2D eigenvalue weighted by atomic mass is 16.4. The lowest BCUT2D eigenvalue weighted by Gasteiger charge is -2.00. The lowest BCUT2D eigenvalue weighted by atomic mass is 10.3. The Bertz CT molecular complexity index is 436. The summed E-state index contributed by atoms with van der Waals surface area (Å²) in [7, 11) is 0. The summed E-state index contributed by atoms with van der Waals surface area (Å²) in [5, 5.41) is 12.0. The molecule has 0 spiro atoms. The second kappa shape index (κ2) is 4.02. The van der Waals surface area contributed by atoms with Crippen molar-refractivity contribution in [3.05, 3.63) is 36.2 Å². The van der Waals surface area contributed by atoms with E-state index in [0.717, 1.165) is 5.69 Å². The number of hydrogen-bond donors (Lipinski definition) is 3. The molecule has 2 rings (SSSR count). The van der Waals surface area contributed by atoms with Gasteiger partial charge in [-0.25, -0.2) is 0 Å². The van der Waals surface area contributed by atoms with Gasteiger partial charge in [-0.05, 0) is 24.3 Å². The number of phenols is 1. The van der Waals surface area contributed by atoms with Crippen LogP contribution in [0.5, 0.6) is 5.75 Å². The predicted octanol–water partition coefficient (Wildman–Crippen LogP) is 1.58. The van der Waals surface area contributed by atoms with E-state index in [1.54, 1.807) is 24.3 Å². The summed E-state index contributed by atoms with van der Waals surface area (Å²) in [5.41, 5.74) is 6.87. The maximum Gasteiger partial charge on any atom is 0.299 e. The standard InChI is InChI=1S/C10H11N3O2/c11-5-8-6-15-10(13-8)12-7-1-3-9(14)4-2-7/h1-4,6,14H,5,11H2,(H,12,13). The summed E-state index contributed by atoms with van der Waals surface area (Å²) in [5.74, 6) is 0.218. The first-order valence-electron chi connectivity index (χ1n) is 4.48. The Kier molecular flexibility index (Phi) is 2.55. The first-order valence-corrected chi connectivity index (χ1v) is 4.48. The van der Waals surface area contributed by atoms with E-state index in [0.29, 0.717) is 18.3 Å². The van der Waals surface area contributed by atoms with Gasteiger partial charge in [0.2, 0.25) is 0 Å². The average Bonchev–Trinajstić information content (AvgIpc) is 2.69. The quantitative estimate of drug-likeness (QED) is 0.662. The van der Waals surface area contributed by atoms with Crippen LogP contribution in [-0.2, 0) is 6.54 Å². The van der Waals surface area contributed by atoms with Gasteiger partial charge in [-0.1, -0.05) is 0 Å². The van der Waals surface area contributed by atoms with E-state index in [1.807, 2.05) is 0 Å². The number of rotatable bonds is 3. The SMILES string of the molecule is NCc1coc(Nc2ccc(O)cc2)n1. The van der Waals surface area contributed by atoms with Crippen LogP contribution in [0.15, 0.2) is 34.9 Å². The van der Waals surface area contributed by atoms with Crippen molar-refractivity contribution in [3.8, 4) is 5.75 Å². The minimum absolute atomic E-state index is 0.218. The second-order valence-electron chi connectivity index (χ2n) is 3.02. The Labute approximate surface area is 86.6 Å². The molecule has 0 aliphatic heterocycles. The van der Waals surface area contributed by atoms with Gasteiger partial charge in [0.15, 0.2) is 0 Å². The third kappa shape index (κ3) is 2.26. The zero-order chi connectivity index (χ0) is 10.7. The number of hydrogen-bond acceptors (Lipinski definition) is 5. The summed E-state index contributed by atoms with van der Waals surface area (Å²) < 4.78 is 5.12. The number of phenolic OH excluding ortho intramolecular Hbond substituents is 1. The zero-order valence-corrected chi connectivity index (χ0v) is 7.97. The van der Waals surface area contributed by atoms with Crippen molar-refractivity contribution in [1.29, 1.82) is 0 Å². The van der Waals surface area contributed by atoms with Crippen LogP contribution in [0.3, 0.4) is 0 Å². The molecule has 1 aromatic carbocycles. The van der Waals surface area contributed by atoms with E-state index in [9.17, 15) is 0 Å². The summed E-state index contributed by atoms with van der Waals surface area (Å²) >= 11 is 0. The van der Waals surface area contributed by atoms with Crippen molar-refractivity contribution in [2.24, 2.45) is 5.73 Å². The number of benzene rings is 1. The Hall–Kier alpha value is -2.01. The topological polar surface area (TPSA) is 84.3 Å². The molecule has 0 fully saturated rings. The fourth-order valence-corrected chi connectivity index (χ4v) is 1.13. The first-order chi connectivity index (χ1) is 7.28. The summed E-state index contributed by atoms with van der Waals surface area (Å²) in [6, 6.07) is 6.99. The van der Waals surface area contributed by atoms with Crippen LogP contribution >= 0.6 is 0 Å². The molecule has 0 atom stereocenters. The molecule has 0 aliphatic rings. The maximum absolute atomic E-state index is 9.08. The van der Waals surface area contributed by atoms with Gasteiger partial charge in [0.25, 0.3) is 6.01 Å². The van der Waals surface area contributed by atoms with Crippen LogP contribution in [0, 0.1) is 0 Å². The Balaban J connectivity index is 2.11. The van der Waals surface area contributed by atoms with E-state index >= 15 is 0 Å². The molecule has 15 heavy (non-hydrogen) atoms. The molecule has 2 aromatic rings. The largest absolute Gasteiger partial charge is 0.508 e. The number of nitrogens with one attached hydrogen (secondary N) is 1. The highest BCUT2D eigenvalue weighted by Gasteiger charge is 2.02. The number of aromatic nitrogens is 1. The molecule has 0 amide bonds. The molecule has 0 bridgehead atoms. The molecule has 5 heteroatoms. The van der Waals surface area contributed by atoms with Crippen LogP contribution in [0.1, 0.15) is 5.69 Å². The Morgan fingerprint density at radius 1 is 1.33 bits per heavy atom. The van der Waals surface area contributed by atoms with Crippen LogP contribution in [-0.4, -0.2) is 10.1 Å². The van der Waals surface area contributed by atoms with Crippen molar-refractivity contribution < 1.29 is 9.52 Å². The van der Waals surface area contributed by atoms with Crippen molar-refractivity contribution in [2.45, 2.75) is 6.54 Å². The van der Waals surface area contributed by atoms with Gasteiger partial charge < -0.3 is 20.6 Å². The van der Waals surface area contributed by atoms with Gasteiger partial charge in [0.05, 0.1) is 5.69 Å². The molecular weight excluding hydrogens is 194 g/mol. The van der Waals surface area contributed by atoms with Gasteiger partial charge in [-0.15, -0.1) is 0 Å². The molecule has 4 N–H and O–H groups in total. The average molecular weight is 205 g/mol. The predicted molar refractivity (Wildman–Crippen MR) is 55.8 cm³/mol. The van der Waals surface area contributed by atoms with Crippen molar-refractivity contribution in [1.82, 2.24) is 4.98 Å². The second-order valence-corrected chi connectivity index (χ2v) is 3.02. The van der Waals surface area contributed by atoms with Crippen LogP contribution in [0.25, 0.3) is 0 Å². The monoisotopic (exact) mass is 205 g/mol. The fraction of sp³-hybridized carbons (Fsp3) is 0.100. The van der Waals surface area contributed by atoms with Crippen molar-refractivity contribution in [3.63, 3.8) is 0 Å². The molecular formula is C10H11N3O2. The number of aromatic hydroxyl groups is 1. The van der Waals surface area contributed by atoms with Gasteiger partial charge in [0.1, 0.15) is 12.0 Å². The molecule has 0 radical (unpaired) electrons. The van der Waals surface area contributed by atoms with Gasteiger partial charge in [-0.2, -0.15) is 4.98 Å². The van der Waals surface area contributed by atoms with E-state index in [4.69, 9.17) is 15.3 Å². The first kappa shape index (κ1) is 9.54. The third-order valence-corrected chi connectivity index (χ3v) is 1.88. The summed E-state index contributed by atoms with van der Waals surface area (Å²) in [4.78, 5) is 4.08. The lowest BCUT2D eigenvalue weighted by molar-refractivity contribution is 0.475. The molecule has 0 aliphatic carbocycles. The fourth-order valence-electron chi connectivity index (χ4n) is 1.13. The van der Waals surface area contributed by atoms with E-state index in [2.05, 4.69) is 10.3 Å². The molecule has 78 valence electrons. The highest BCUT2D eigenvalue weighted by molar-refractivity contribution is 5.53. The molecule has 5 nitrogen and oxygen atoms in total. The third-order valence-electron chi connectivity index (χ3n) is 1.88. The maximum atomic E-state index is 9.08. The molecule has 0 unspecified atom stereocenters. The lowest BCUT2D eigenvalue weighted by Crippen LogP contribution is -1.96.